The molecule has 0 radical (unpaired) electrons. The quantitative estimate of drug-likeness (QED) is 0.596. The van der Waals surface area contributed by atoms with Crippen LogP contribution in [0.25, 0.3) is 0 Å². The van der Waals surface area contributed by atoms with E-state index in [0.29, 0.717) is 23.2 Å². The first-order valence-electron chi connectivity index (χ1n) is 5.46. The fourth-order valence-electron chi connectivity index (χ4n) is 1.25. The van der Waals surface area contributed by atoms with Gasteiger partial charge in [-0.05, 0) is 24.1 Å². The summed E-state index contributed by atoms with van der Waals surface area (Å²) in [5.74, 6) is 0.570. The van der Waals surface area contributed by atoms with E-state index in [0.717, 1.165) is 18.8 Å². The van der Waals surface area contributed by atoms with Gasteiger partial charge in [0.05, 0.1) is 17.3 Å². The molecule has 0 saturated carbocycles. The number of benzene rings is 1. The van der Waals surface area contributed by atoms with Crippen LogP contribution in [0.5, 0.6) is 0 Å². The van der Waals surface area contributed by atoms with Crippen LogP contribution in [0.3, 0.4) is 0 Å². The Bertz CT molecular complexity index is 329. The maximum absolute atomic E-state index is 6.01. The lowest BCUT2D eigenvalue weighted by Crippen LogP contribution is -2.12. The van der Waals surface area contributed by atoms with Gasteiger partial charge < -0.3 is 15.8 Å². The highest BCUT2D eigenvalue weighted by molar-refractivity contribution is 6.33. The molecule has 0 bridgehead atoms. The largest absolute Gasteiger partial charge is 0.399 e. The lowest BCUT2D eigenvalue weighted by molar-refractivity contribution is 0.118. The van der Waals surface area contributed by atoms with Crippen molar-refractivity contribution in [2.45, 2.75) is 13.8 Å². The van der Waals surface area contributed by atoms with Gasteiger partial charge in [0.2, 0.25) is 0 Å². The second-order valence-corrected chi connectivity index (χ2v) is 4.54. The van der Waals surface area contributed by atoms with E-state index in [1.807, 2.05) is 12.1 Å². The Hall–Kier alpha value is -0.930. The molecule has 0 aliphatic heterocycles. The van der Waals surface area contributed by atoms with Gasteiger partial charge in [0.25, 0.3) is 0 Å². The highest BCUT2D eigenvalue weighted by atomic mass is 35.5. The van der Waals surface area contributed by atoms with Crippen molar-refractivity contribution in [1.29, 1.82) is 0 Å². The zero-order chi connectivity index (χ0) is 12.0. The predicted octanol–water partition coefficient (Wildman–Crippen LogP) is 3.01. The topological polar surface area (TPSA) is 47.3 Å². The van der Waals surface area contributed by atoms with Crippen molar-refractivity contribution in [2.75, 3.05) is 30.8 Å². The Morgan fingerprint density at radius 3 is 2.81 bits per heavy atom. The summed E-state index contributed by atoms with van der Waals surface area (Å²) in [6.45, 7) is 6.47. The number of anilines is 2. The minimum atomic E-state index is 0.570. The van der Waals surface area contributed by atoms with Crippen LogP contribution in [0.2, 0.25) is 5.02 Å². The summed E-state index contributed by atoms with van der Waals surface area (Å²) in [5, 5.41) is 3.84. The summed E-state index contributed by atoms with van der Waals surface area (Å²) in [5.41, 5.74) is 7.17. The van der Waals surface area contributed by atoms with Crippen LogP contribution >= 0.6 is 11.6 Å². The Morgan fingerprint density at radius 1 is 1.44 bits per heavy atom. The third kappa shape index (κ3) is 4.73. The van der Waals surface area contributed by atoms with E-state index < -0.39 is 0 Å². The first-order valence-corrected chi connectivity index (χ1v) is 5.84. The van der Waals surface area contributed by atoms with Crippen molar-refractivity contribution in [2.24, 2.45) is 5.92 Å². The van der Waals surface area contributed by atoms with Gasteiger partial charge in [-0.1, -0.05) is 25.4 Å². The zero-order valence-corrected chi connectivity index (χ0v) is 10.6. The van der Waals surface area contributed by atoms with E-state index in [9.17, 15) is 0 Å². The molecule has 0 fully saturated rings. The maximum Gasteiger partial charge on any atom is 0.0657 e. The molecular weight excluding hydrogens is 224 g/mol. The summed E-state index contributed by atoms with van der Waals surface area (Å²) < 4.78 is 5.45. The van der Waals surface area contributed by atoms with Crippen molar-refractivity contribution in [3.05, 3.63) is 23.2 Å². The van der Waals surface area contributed by atoms with Crippen LogP contribution in [-0.2, 0) is 4.74 Å². The number of nitrogens with two attached hydrogens (primary N) is 1. The Balaban J connectivity index is 2.27. The SMILES string of the molecule is CC(C)COCCNc1ccc(N)cc1Cl. The molecule has 0 saturated heterocycles. The monoisotopic (exact) mass is 242 g/mol. The summed E-state index contributed by atoms with van der Waals surface area (Å²) in [7, 11) is 0. The molecule has 0 spiro atoms. The molecular formula is C12H19ClN2O. The first kappa shape index (κ1) is 13.1. The molecule has 1 rings (SSSR count). The molecule has 1 aromatic carbocycles. The van der Waals surface area contributed by atoms with E-state index in [-0.39, 0.29) is 0 Å². The number of hydrogen-bond acceptors (Lipinski definition) is 3. The van der Waals surface area contributed by atoms with E-state index >= 15 is 0 Å². The summed E-state index contributed by atoms with van der Waals surface area (Å²) in [4.78, 5) is 0. The first-order chi connectivity index (χ1) is 7.59. The van der Waals surface area contributed by atoms with E-state index in [1.165, 1.54) is 0 Å². The van der Waals surface area contributed by atoms with Crippen LogP contribution in [-0.4, -0.2) is 19.8 Å². The van der Waals surface area contributed by atoms with Crippen LogP contribution in [0.1, 0.15) is 13.8 Å². The van der Waals surface area contributed by atoms with Gasteiger partial charge in [-0.25, -0.2) is 0 Å². The van der Waals surface area contributed by atoms with Gasteiger partial charge in [-0.3, -0.25) is 0 Å². The van der Waals surface area contributed by atoms with Crippen LogP contribution in [0.15, 0.2) is 18.2 Å². The summed E-state index contributed by atoms with van der Waals surface area (Å²) >= 11 is 6.01. The minimum absolute atomic E-state index is 0.570. The number of nitrogen functional groups attached to an aromatic ring is 1. The molecule has 0 aliphatic carbocycles. The molecule has 0 unspecified atom stereocenters. The van der Waals surface area contributed by atoms with Gasteiger partial charge in [-0.2, -0.15) is 0 Å². The molecule has 1 aromatic rings. The van der Waals surface area contributed by atoms with Crippen molar-refractivity contribution >= 4 is 23.0 Å². The smallest absolute Gasteiger partial charge is 0.0657 e. The molecule has 0 amide bonds. The fourth-order valence-corrected chi connectivity index (χ4v) is 1.51. The Kier molecular flexibility index (Phi) is 5.43. The minimum Gasteiger partial charge on any atom is -0.399 e. The Morgan fingerprint density at radius 2 is 2.19 bits per heavy atom. The summed E-state index contributed by atoms with van der Waals surface area (Å²) in [6, 6.07) is 5.43. The van der Waals surface area contributed by atoms with Crippen molar-refractivity contribution < 1.29 is 4.74 Å². The normalized spacial score (nSPS) is 10.8. The summed E-state index contributed by atoms with van der Waals surface area (Å²) in [6.07, 6.45) is 0. The number of ether oxygens (including phenoxy) is 1. The zero-order valence-electron chi connectivity index (χ0n) is 9.79. The van der Waals surface area contributed by atoms with Crippen molar-refractivity contribution in [3.63, 3.8) is 0 Å². The molecule has 0 atom stereocenters. The molecule has 16 heavy (non-hydrogen) atoms. The molecule has 90 valence electrons. The third-order valence-corrected chi connectivity index (χ3v) is 2.32. The van der Waals surface area contributed by atoms with E-state index in [2.05, 4.69) is 19.2 Å². The van der Waals surface area contributed by atoms with Gasteiger partial charge in [-0.15, -0.1) is 0 Å². The van der Waals surface area contributed by atoms with Crippen LogP contribution < -0.4 is 11.1 Å². The molecule has 3 nitrogen and oxygen atoms in total. The third-order valence-electron chi connectivity index (χ3n) is 2.01. The predicted molar refractivity (Wildman–Crippen MR) is 70.0 cm³/mol. The van der Waals surface area contributed by atoms with Crippen LogP contribution in [0.4, 0.5) is 11.4 Å². The van der Waals surface area contributed by atoms with E-state index in [1.54, 1.807) is 6.07 Å². The maximum atomic E-state index is 6.01. The lowest BCUT2D eigenvalue weighted by atomic mass is 10.2. The van der Waals surface area contributed by atoms with Gasteiger partial charge in [0.1, 0.15) is 0 Å². The number of nitrogens with one attached hydrogen (secondary N) is 1. The second-order valence-electron chi connectivity index (χ2n) is 4.13. The van der Waals surface area contributed by atoms with Crippen molar-refractivity contribution in [3.8, 4) is 0 Å². The fraction of sp³-hybridized carbons (Fsp3) is 0.500. The average Bonchev–Trinajstić information content (AvgIpc) is 2.20. The highest BCUT2D eigenvalue weighted by Crippen LogP contribution is 2.23. The highest BCUT2D eigenvalue weighted by Gasteiger charge is 1.99. The Labute approximate surface area is 102 Å². The average molecular weight is 243 g/mol. The molecule has 4 heteroatoms. The van der Waals surface area contributed by atoms with Crippen molar-refractivity contribution in [1.82, 2.24) is 0 Å². The lowest BCUT2D eigenvalue weighted by Gasteiger charge is -2.10. The molecule has 3 N–H and O–H groups in total. The van der Waals surface area contributed by atoms with Gasteiger partial charge in [0, 0.05) is 18.8 Å². The number of halogens is 1. The standard InChI is InChI=1S/C12H19ClN2O/c1-9(2)8-16-6-5-15-12-4-3-10(14)7-11(12)13/h3-4,7,9,15H,5-6,8,14H2,1-2H3. The molecule has 0 aromatic heterocycles. The number of rotatable bonds is 6. The van der Waals surface area contributed by atoms with Crippen LogP contribution in [0, 0.1) is 5.92 Å². The second kappa shape index (κ2) is 6.61. The van der Waals surface area contributed by atoms with Gasteiger partial charge in [0.15, 0.2) is 0 Å². The molecule has 0 aliphatic rings. The van der Waals surface area contributed by atoms with Gasteiger partial charge >= 0.3 is 0 Å². The molecule has 0 heterocycles. The van der Waals surface area contributed by atoms with E-state index in [4.69, 9.17) is 22.1 Å². The number of hydrogen-bond donors (Lipinski definition) is 2.